The highest BCUT2D eigenvalue weighted by Crippen LogP contribution is 2.19. The number of aliphatic hydroxyl groups excluding tert-OH is 1. The highest BCUT2D eigenvalue weighted by molar-refractivity contribution is 5.18. The van der Waals surface area contributed by atoms with Crippen molar-refractivity contribution in [3.8, 4) is 0 Å². The van der Waals surface area contributed by atoms with Gasteiger partial charge in [-0.2, -0.15) is 0 Å². The van der Waals surface area contributed by atoms with Gasteiger partial charge in [0.25, 0.3) is 0 Å². The van der Waals surface area contributed by atoms with E-state index >= 15 is 0 Å². The van der Waals surface area contributed by atoms with Crippen molar-refractivity contribution in [3.05, 3.63) is 35.6 Å². The van der Waals surface area contributed by atoms with E-state index in [0.29, 0.717) is 12.3 Å². The fraction of sp³-hybridized carbons (Fsp3) is 0.625. The number of ether oxygens (including phenoxy) is 1. The van der Waals surface area contributed by atoms with Crippen LogP contribution in [0.1, 0.15) is 37.9 Å². The van der Waals surface area contributed by atoms with Crippen molar-refractivity contribution in [2.75, 3.05) is 19.8 Å². The summed E-state index contributed by atoms with van der Waals surface area (Å²) in [6.45, 7) is 4.77. The Bertz CT molecular complexity index is 390. The van der Waals surface area contributed by atoms with Crippen LogP contribution in [-0.2, 0) is 4.74 Å². The number of hydrogen-bond donors (Lipinski definition) is 2. The molecular weight excluding hydrogens is 257 g/mol. The third-order valence-electron chi connectivity index (χ3n) is 3.93. The Hall–Kier alpha value is -0.970. The molecule has 0 spiro atoms. The molecule has 20 heavy (non-hydrogen) atoms. The first-order valence-electron chi connectivity index (χ1n) is 7.40. The van der Waals surface area contributed by atoms with Crippen molar-refractivity contribution in [1.29, 1.82) is 0 Å². The number of benzene rings is 1. The minimum absolute atomic E-state index is 0.234. The van der Waals surface area contributed by atoms with Crippen molar-refractivity contribution in [1.82, 2.24) is 5.32 Å². The first-order chi connectivity index (χ1) is 9.65. The fourth-order valence-electron chi connectivity index (χ4n) is 2.56. The smallest absolute Gasteiger partial charge is 0.123 e. The molecule has 0 aliphatic carbocycles. The monoisotopic (exact) mass is 281 g/mol. The molecule has 2 N–H and O–H groups in total. The summed E-state index contributed by atoms with van der Waals surface area (Å²) in [5.74, 6) is 0.404. The topological polar surface area (TPSA) is 41.5 Å². The minimum Gasteiger partial charge on any atom is -0.388 e. The molecule has 0 saturated carbocycles. The fourth-order valence-corrected chi connectivity index (χ4v) is 2.56. The molecule has 112 valence electrons. The SMILES string of the molecule is CC(CC(O)c1ccc(F)cc1)NCC1CCOCC1. The van der Waals surface area contributed by atoms with Gasteiger partial charge in [-0.25, -0.2) is 4.39 Å². The predicted molar refractivity (Wildman–Crippen MR) is 77.0 cm³/mol. The summed E-state index contributed by atoms with van der Waals surface area (Å²) < 4.78 is 18.2. The summed E-state index contributed by atoms with van der Waals surface area (Å²) >= 11 is 0. The van der Waals surface area contributed by atoms with Gasteiger partial charge < -0.3 is 15.2 Å². The summed E-state index contributed by atoms with van der Waals surface area (Å²) in [7, 11) is 0. The van der Waals surface area contributed by atoms with E-state index < -0.39 is 6.10 Å². The lowest BCUT2D eigenvalue weighted by molar-refractivity contribution is 0.0646. The van der Waals surface area contributed by atoms with E-state index in [-0.39, 0.29) is 11.9 Å². The van der Waals surface area contributed by atoms with Crippen LogP contribution in [0.3, 0.4) is 0 Å². The average molecular weight is 281 g/mol. The van der Waals surface area contributed by atoms with Crippen LogP contribution in [0.25, 0.3) is 0 Å². The molecule has 1 aromatic carbocycles. The molecule has 1 aliphatic rings. The zero-order valence-electron chi connectivity index (χ0n) is 12.0. The van der Waals surface area contributed by atoms with Gasteiger partial charge in [-0.05, 0) is 56.3 Å². The molecular formula is C16H24FNO2. The number of hydrogen-bond acceptors (Lipinski definition) is 3. The van der Waals surface area contributed by atoms with E-state index in [2.05, 4.69) is 12.2 Å². The number of aliphatic hydroxyl groups is 1. The molecule has 2 atom stereocenters. The van der Waals surface area contributed by atoms with Crippen molar-refractivity contribution >= 4 is 0 Å². The Morgan fingerprint density at radius 2 is 1.95 bits per heavy atom. The zero-order chi connectivity index (χ0) is 14.4. The number of rotatable bonds is 6. The van der Waals surface area contributed by atoms with Crippen molar-refractivity contribution in [2.45, 2.75) is 38.3 Å². The molecule has 4 heteroatoms. The van der Waals surface area contributed by atoms with Gasteiger partial charge in [0.05, 0.1) is 6.10 Å². The second-order valence-corrected chi connectivity index (χ2v) is 5.67. The Morgan fingerprint density at radius 3 is 2.60 bits per heavy atom. The predicted octanol–water partition coefficient (Wildman–Crippen LogP) is 2.65. The average Bonchev–Trinajstić information content (AvgIpc) is 2.47. The van der Waals surface area contributed by atoms with Crippen LogP contribution in [0.4, 0.5) is 4.39 Å². The zero-order valence-corrected chi connectivity index (χ0v) is 12.0. The first-order valence-corrected chi connectivity index (χ1v) is 7.40. The molecule has 1 heterocycles. The highest BCUT2D eigenvalue weighted by atomic mass is 19.1. The normalized spacial score (nSPS) is 19.8. The largest absolute Gasteiger partial charge is 0.388 e. The van der Waals surface area contributed by atoms with Crippen LogP contribution in [0.2, 0.25) is 0 Å². The molecule has 0 radical (unpaired) electrons. The van der Waals surface area contributed by atoms with Gasteiger partial charge in [0, 0.05) is 19.3 Å². The van der Waals surface area contributed by atoms with E-state index in [1.165, 1.54) is 12.1 Å². The maximum absolute atomic E-state index is 12.8. The lowest BCUT2D eigenvalue weighted by Crippen LogP contribution is -2.34. The third-order valence-corrected chi connectivity index (χ3v) is 3.93. The van der Waals surface area contributed by atoms with Gasteiger partial charge in [0.2, 0.25) is 0 Å². The summed E-state index contributed by atoms with van der Waals surface area (Å²) in [5.41, 5.74) is 0.770. The number of halogens is 1. The standard InChI is InChI=1S/C16H24FNO2/c1-12(18-11-13-6-8-20-9-7-13)10-16(19)14-2-4-15(17)5-3-14/h2-5,12-13,16,18-19H,6-11H2,1H3. The summed E-state index contributed by atoms with van der Waals surface area (Å²) in [5, 5.41) is 13.6. The minimum atomic E-state index is -0.548. The molecule has 2 rings (SSSR count). The van der Waals surface area contributed by atoms with Crippen molar-refractivity contribution in [3.63, 3.8) is 0 Å². The van der Waals surface area contributed by atoms with Crippen molar-refractivity contribution < 1.29 is 14.2 Å². The number of nitrogens with one attached hydrogen (secondary N) is 1. The second kappa shape index (κ2) is 7.72. The van der Waals surface area contributed by atoms with Gasteiger partial charge in [-0.1, -0.05) is 12.1 Å². The Kier molecular flexibility index (Phi) is 5.95. The molecule has 1 aromatic rings. The van der Waals surface area contributed by atoms with Crippen molar-refractivity contribution in [2.24, 2.45) is 5.92 Å². The Labute approximate surface area is 120 Å². The first kappa shape index (κ1) is 15.4. The van der Waals surface area contributed by atoms with Gasteiger partial charge in [0.15, 0.2) is 0 Å². The lowest BCUT2D eigenvalue weighted by Gasteiger charge is -2.25. The lowest BCUT2D eigenvalue weighted by atomic mass is 9.99. The van der Waals surface area contributed by atoms with Crippen LogP contribution in [0, 0.1) is 11.7 Å². The van der Waals surface area contributed by atoms with Gasteiger partial charge in [-0.3, -0.25) is 0 Å². The highest BCUT2D eigenvalue weighted by Gasteiger charge is 2.16. The molecule has 1 aliphatic heterocycles. The van der Waals surface area contributed by atoms with Gasteiger partial charge >= 0.3 is 0 Å². The molecule has 0 amide bonds. The molecule has 3 nitrogen and oxygen atoms in total. The summed E-state index contributed by atoms with van der Waals surface area (Å²) in [4.78, 5) is 0. The maximum Gasteiger partial charge on any atom is 0.123 e. The van der Waals surface area contributed by atoms with E-state index in [1.807, 2.05) is 0 Å². The van der Waals surface area contributed by atoms with Crippen LogP contribution >= 0.6 is 0 Å². The maximum atomic E-state index is 12.8. The quantitative estimate of drug-likeness (QED) is 0.842. The van der Waals surface area contributed by atoms with E-state index in [0.717, 1.165) is 38.2 Å². The third kappa shape index (κ3) is 4.85. The van der Waals surface area contributed by atoms with E-state index in [9.17, 15) is 9.50 Å². The van der Waals surface area contributed by atoms with Gasteiger partial charge in [-0.15, -0.1) is 0 Å². The van der Waals surface area contributed by atoms with E-state index in [4.69, 9.17) is 4.74 Å². The second-order valence-electron chi connectivity index (χ2n) is 5.67. The van der Waals surface area contributed by atoms with Crippen LogP contribution in [0.15, 0.2) is 24.3 Å². The molecule has 1 fully saturated rings. The van der Waals surface area contributed by atoms with Crippen LogP contribution in [-0.4, -0.2) is 30.9 Å². The Morgan fingerprint density at radius 1 is 1.30 bits per heavy atom. The van der Waals surface area contributed by atoms with E-state index in [1.54, 1.807) is 12.1 Å². The van der Waals surface area contributed by atoms with Gasteiger partial charge in [0.1, 0.15) is 5.82 Å². The summed E-state index contributed by atoms with van der Waals surface area (Å²) in [6.07, 6.45) is 2.31. The summed E-state index contributed by atoms with van der Waals surface area (Å²) in [6, 6.07) is 6.30. The Balaban J connectivity index is 1.72. The van der Waals surface area contributed by atoms with Crippen LogP contribution in [0.5, 0.6) is 0 Å². The molecule has 1 saturated heterocycles. The molecule has 0 aromatic heterocycles. The molecule has 0 bridgehead atoms. The van der Waals surface area contributed by atoms with Crippen LogP contribution < -0.4 is 5.32 Å². The molecule has 2 unspecified atom stereocenters.